The molecule has 0 amide bonds. The number of hydrogen-bond acceptors (Lipinski definition) is 3. The van der Waals surface area contributed by atoms with E-state index in [0.29, 0.717) is 0 Å². The summed E-state index contributed by atoms with van der Waals surface area (Å²) in [5, 5.41) is 5.64. The van der Waals surface area contributed by atoms with Gasteiger partial charge in [-0.15, -0.1) is 11.3 Å². The van der Waals surface area contributed by atoms with Crippen LogP contribution in [0.4, 0.5) is 11.4 Å². The van der Waals surface area contributed by atoms with Gasteiger partial charge in [-0.05, 0) is 70.0 Å². The van der Waals surface area contributed by atoms with Crippen molar-refractivity contribution < 1.29 is 0 Å². The predicted molar refractivity (Wildman–Crippen MR) is 87.2 cm³/mol. The highest BCUT2D eigenvalue weighted by Crippen LogP contribution is 2.24. The largest absolute Gasteiger partial charge is 0.381 e. The fraction of sp³-hybridized carbons (Fsp3) is 0.333. The maximum atomic E-state index is 3.49. The molecule has 0 radical (unpaired) electrons. The molecule has 1 aliphatic heterocycles. The summed E-state index contributed by atoms with van der Waals surface area (Å²) in [5.74, 6) is 0. The lowest BCUT2D eigenvalue weighted by Crippen LogP contribution is -2.17. The second-order valence-corrected chi connectivity index (χ2v) is 7.14. The van der Waals surface area contributed by atoms with Gasteiger partial charge in [0.1, 0.15) is 0 Å². The molecule has 1 saturated heterocycles. The van der Waals surface area contributed by atoms with Crippen molar-refractivity contribution in [3.63, 3.8) is 0 Å². The molecule has 2 nitrogen and oxygen atoms in total. The van der Waals surface area contributed by atoms with E-state index < -0.39 is 0 Å². The van der Waals surface area contributed by atoms with Crippen molar-refractivity contribution in [3.05, 3.63) is 45.1 Å². The van der Waals surface area contributed by atoms with Crippen molar-refractivity contribution in [2.75, 3.05) is 23.3 Å². The Morgan fingerprint density at radius 1 is 1.16 bits per heavy atom. The van der Waals surface area contributed by atoms with Crippen LogP contribution in [-0.2, 0) is 6.54 Å². The van der Waals surface area contributed by atoms with Crippen molar-refractivity contribution in [2.45, 2.75) is 19.4 Å². The number of anilines is 2. The van der Waals surface area contributed by atoms with E-state index in [-0.39, 0.29) is 0 Å². The number of thiophene rings is 1. The fourth-order valence-electron chi connectivity index (χ4n) is 2.41. The van der Waals surface area contributed by atoms with Crippen molar-refractivity contribution in [2.24, 2.45) is 0 Å². The Kier molecular flexibility index (Phi) is 4.09. The third kappa shape index (κ3) is 3.31. The lowest BCUT2D eigenvalue weighted by Gasteiger charge is -2.17. The fourth-order valence-corrected chi connectivity index (χ4v) is 3.62. The quantitative estimate of drug-likeness (QED) is 0.868. The molecule has 0 bridgehead atoms. The molecule has 0 aliphatic carbocycles. The van der Waals surface area contributed by atoms with E-state index in [1.807, 2.05) is 0 Å². The summed E-state index contributed by atoms with van der Waals surface area (Å²) in [6.45, 7) is 3.29. The number of nitrogens with one attached hydrogen (secondary N) is 1. The number of hydrogen-bond donors (Lipinski definition) is 1. The summed E-state index contributed by atoms with van der Waals surface area (Å²) in [5.41, 5.74) is 3.85. The van der Waals surface area contributed by atoms with Gasteiger partial charge in [0.15, 0.2) is 0 Å². The molecule has 3 rings (SSSR count). The smallest absolute Gasteiger partial charge is 0.0701 e. The Morgan fingerprint density at radius 3 is 2.53 bits per heavy atom. The first kappa shape index (κ1) is 13.0. The van der Waals surface area contributed by atoms with Gasteiger partial charge in [0.2, 0.25) is 0 Å². The minimum atomic E-state index is 0.880. The minimum absolute atomic E-state index is 0.880. The van der Waals surface area contributed by atoms with E-state index in [4.69, 9.17) is 0 Å². The van der Waals surface area contributed by atoms with E-state index in [1.54, 1.807) is 11.3 Å². The van der Waals surface area contributed by atoms with Crippen molar-refractivity contribution in [1.29, 1.82) is 0 Å². The van der Waals surface area contributed by atoms with Crippen LogP contribution in [0.2, 0.25) is 0 Å². The van der Waals surface area contributed by atoms with Gasteiger partial charge in [-0.25, -0.2) is 0 Å². The highest BCUT2D eigenvalue weighted by atomic mass is 79.9. The van der Waals surface area contributed by atoms with Crippen LogP contribution in [0.3, 0.4) is 0 Å². The summed E-state index contributed by atoms with van der Waals surface area (Å²) in [6, 6.07) is 11.0. The predicted octanol–water partition coefficient (Wildman–Crippen LogP) is 4.72. The Morgan fingerprint density at radius 2 is 1.89 bits per heavy atom. The molecule has 1 aliphatic rings. The van der Waals surface area contributed by atoms with Gasteiger partial charge in [0, 0.05) is 31.0 Å². The summed E-state index contributed by atoms with van der Waals surface area (Å²) in [4.78, 5) is 2.46. The van der Waals surface area contributed by atoms with Crippen LogP contribution >= 0.6 is 27.3 Å². The van der Waals surface area contributed by atoms with Crippen LogP contribution in [0.15, 0.2) is 39.5 Å². The monoisotopic (exact) mass is 336 g/mol. The molecule has 19 heavy (non-hydrogen) atoms. The average molecular weight is 337 g/mol. The van der Waals surface area contributed by atoms with Crippen LogP contribution in [0.5, 0.6) is 0 Å². The topological polar surface area (TPSA) is 15.3 Å². The summed E-state index contributed by atoms with van der Waals surface area (Å²) in [6.07, 6.45) is 2.65. The first-order valence-electron chi connectivity index (χ1n) is 6.63. The van der Waals surface area contributed by atoms with Crippen LogP contribution in [-0.4, -0.2) is 13.1 Å². The molecule has 0 saturated carbocycles. The minimum Gasteiger partial charge on any atom is -0.381 e. The third-order valence-electron chi connectivity index (χ3n) is 3.46. The molecule has 4 heteroatoms. The zero-order valence-corrected chi connectivity index (χ0v) is 13.1. The van der Waals surface area contributed by atoms with Gasteiger partial charge >= 0.3 is 0 Å². The summed E-state index contributed by atoms with van der Waals surface area (Å²) < 4.78 is 1.19. The van der Waals surface area contributed by atoms with Crippen molar-refractivity contribution in [3.8, 4) is 0 Å². The van der Waals surface area contributed by atoms with E-state index in [9.17, 15) is 0 Å². The number of halogens is 1. The first-order valence-corrected chi connectivity index (χ1v) is 8.30. The molecule has 0 atom stereocenters. The van der Waals surface area contributed by atoms with Crippen LogP contribution in [0, 0.1) is 0 Å². The molecular weight excluding hydrogens is 320 g/mol. The van der Waals surface area contributed by atoms with Crippen LogP contribution in [0.25, 0.3) is 0 Å². The molecule has 2 heterocycles. The number of nitrogens with zero attached hydrogens (tertiary/aromatic N) is 1. The average Bonchev–Trinajstić information content (AvgIpc) is 3.08. The molecular formula is C15H17BrN2S. The van der Waals surface area contributed by atoms with E-state index in [0.717, 1.165) is 6.54 Å². The second-order valence-electron chi connectivity index (χ2n) is 4.85. The SMILES string of the molecule is Brc1cc(CNc2ccc(N3CCCC3)cc2)cs1. The zero-order chi connectivity index (χ0) is 13.1. The normalized spacial score (nSPS) is 14.9. The van der Waals surface area contributed by atoms with E-state index in [1.165, 1.54) is 46.7 Å². The van der Waals surface area contributed by atoms with E-state index >= 15 is 0 Å². The van der Waals surface area contributed by atoms with E-state index in [2.05, 4.69) is 61.9 Å². The molecule has 0 unspecified atom stereocenters. The zero-order valence-electron chi connectivity index (χ0n) is 10.7. The van der Waals surface area contributed by atoms with Crippen molar-refractivity contribution >= 4 is 38.6 Å². The van der Waals surface area contributed by atoms with Crippen molar-refractivity contribution in [1.82, 2.24) is 0 Å². The standard InChI is InChI=1S/C15H17BrN2S/c16-15-9-12(11-19-15)10-17-13-3-5-14(6-4-13)18-7-1-2-8-18/h3-6,9,11,17H,1-2,7-8,10H2. The third-order valence-corrected chi connectivity index (χ3v) is 5.01. The van der Waals surface area contributed by atoms with Gasteiger partial charge in [-0.1, -0.05) is 0 Å². The Bertz CT molecular complexity index is 529. The van der Waals surface area contributed by atoms with Crippen LogP contribution in [0.1, 0.15) is 18.4 Å². The highest BCUT2D eigenvalue weighted by molar-refractivity contribution is 9.11. The first-order chi connectivity index (χ1) is 9.31. The van der Waals surface area contributed by atoms with Gasteiger partial charge in [-0.2, -0.15) is 0 Å². The van der Waals surface area contributed by atoms with Gasteiger partial charge in [0.05, 0.1) is 3.79 Å². The van der Waals surface area contributed by atoms with Crippen LogP contribution < -0.4 is 10.2 Å². The Hall–Kier alpha value is -1.00. The highest BCUT2D eigenvalue weighted by Gasteiger charge is 2.11. The molecule has 2 aromatic rings. The maximum Gasteiger partial charge on any atom is 0.0701 e. The molecule has 100 valence electrons. The molecule has 1 aromatic heterocycles. The number of benzene rings is 1. The molecule has 1 aromatic carbocycles. The molecule has 1 N–H and O–H groups in total. The van der Waals surface area contributed by atoms with Gasteiger partial charge in [0.25, 0.3) is 0 Å². The van der Waals surface area contributed by atoms with Gasteiger partial charge < -0.3 is 10.2 Å². The maximum absolute atomic E-state index is 3.49. The molecule has 1 fully saturated rings. The number of rotatable bonds is 4. The Labute approximate surface area is 126 Å². The lowest BCUT2D eigenvalue weighted by molar-refractivity contribution is 0.949. The Balaban J connectivity index is 1.59. The lowest BCUT2D eigenvalue weighted by atomic mass is 10.2. The summed E-state index contributed by atoms with van der Waals surface area (Å²) >= 11 is 5.22. The summed E-state index contributed by atoms with van der Waals surface area (Å²) in [7, 11) is 0. The molecule has 0 spiro atoms. The second kappa shape index (κ2) is 5.97. The van der Waals surface area contributed by atoms with Gasteiger partial charge in [-0.3, -0.25) is 0 Å².